The van der Waals surface area contributed by atoms with Crippen LogP contribution in [-0.4, -0.2) is 35.8 Å². The Bertz CT molecular complexity index is 450. The number of hydrogen-bond donors (Lipinski definition) is 1. The molecule has 2 heterocycles. The van der Waals surface area contributed by atoms with Gasteiger partial charge in [0.15, 0.2) is 0 Å². The van der Waals surface area contributed by atoms with Crippen LogP contribution in [0.1, 0.15) is 24.5 Å². The molecule has 0 radical (unpaired) electrons. The van der Waals surface area contributed by atoms with Crippen molar-refractivity contribution in [2.45, 2.75) is 26.4 Å². The molecule has 0 aliphatic carbocycles. The summed E-state index contributed by atoms with van der Waals surface area (Å²) in [5.41, 5.74) is 7.79. The van der Waals surface area contributed by atoms with Crippen molar-refractivity contribution in [3.63, 3.8) is 0 Å². The zero-order valence-electron chi connectivity index (χ0n) is 10.8. The van der Waals surface area contributed by atoms with Gasteiger partial charge in [0.25, 0.3) is 0 Å². The summed E-state index contributed by atoms with van der Waals surface area (Å²) in [4.78, 5) is 7.09. The molecule has 0 bridgehead atoms. The summed E-state index contributed by atoms with van der Waals surface area (Å²) in [5, 5.41) is 0. The van der Waals surface area contributed by atoms with E-state index in [0.717, 1.165) is 43.1 Å². The lowest BCUT2D eigenvalue weighted by Crippen LogP contribution is -2.43. The van der Waals surface area contributed by atoms with E-state index < -0.39 is 0 Å². The van der Waals surface area contributed by atoms with Gasteiger partial charge in [0.1, 0.15) is 10.8 Å². The summed E-state index contributed by atoms with van der Waals surface area (Å²) >= 11 is 5.14. The first kappa shape index (κ1) is 13.2. The predicted octanol–water partition coefficient (Wildman–Crippen LogP) is 1.64. The number of aryl methyl sites for hydroxylation is 1. The van der Waals surface area contributed by atoms with Gasteiger partial charge in [-0.15, -0.1) is 0 Å². The largest absolute Gasteiger partial charge is 0.389 e. The third-order valence-electron chi connectivity index (χ3n) is 3.28. The first-order valence-corrected chi connectivity index (χ1v) is 6.66. The van der Waals surface area contributed by atoms with Crippen LogP contribution < -0.4 is 10.6 Å². The van der Waals surface area contributed by atoms with Gasteiger partial charge in [0.2, 0.25) is 0 Å². The summed E-state index contributed by atoms with van der Waals surface area (Å²) in [7, 11) is 0. The summed E-state index contributed by atoms with van der Waals surface area (Å²) < 4.78 is 5.68. The molecule has 1 unspecified atom stereocenters. The SMILES string of the molecule is CCC1CN(c2nccc(C)c2C(N)=S)CCO1. The zero-order valence-corrected chi connectivity index (χ0v) is 11.7. The van der Waals surface area contributed by atoms with E-state index in [4.69, 9.17) is 22.7 Å². The van der Waals surface area contributed by atoms with Crippen LogP contribution in [0.3, 0.4) is 0 Å². The quantitative estimate of drug-likeness (QED) is 0.842. The Labute approximate surface area is 113 Å². The fraction of sp³-hybridized carbons (Fsp3) is 0.538. The highest BCUT2D eigenvalue weighted by Gasteiger charge is 2.23. The molecule has 2 rings (SSSR count). The second-order valence-electron chi connectivity index (χ2n) is 4.54. The number of thiocarbonyl (C=S) groups is 1. The Balaban J connectivity index is 2.32. The van der Waals surface area contributed by atoms with Crippen LogP contribution in [0.4, 0.5) is 5.82 Å². The van der Waals surface area contributed by atoms with Gasteiger partial charge in [0.05, 0.1) is 18.3 Å². The van der Waals surface area contributed by atoms with E-state index >= 15 is 0 Å². The molecular weight excluding hydrogens is 246 g/mol. The average molecular weight is 265 g/mol. The van der Waals surface area contributed by atoms with E-state index in [-0.39, 0.29) is 6.10 Å². The molecule has 1 saturated heterocycles. The van der Waals surface area contributed by atoms with Crippen molar-refractivity contribution in [3.05, 3.63) is 23.4 Å². The smallest absolute Gasteiger partial charge is 0.139 e. The molecule has 1 fully saturated rings. The number of morpholine rings is 1. The lowest BCUT2D eigenvalue weighted by Gasteiger charge is -2.34. The van der Waals surface area contributed by atoms with Gasteiger partial charge < -0.3 is 15.4 Å². The fourth-order valence-corrected chi connectivity index (χ4v) is 2.50. The van der Waals surface area contributed by atoms with Gasteiger partial charge in [-0.2, -0.15) is 0 Å². The third-order valence-corrected chi connectivity index (χ3v) is 3.48. The lowest BCUT2D eigenvalue weighted by atomic mass is 10.1. The molecule has 0 aromatic carbocycles. The van der Waals surface area contributed by atoms with Gasteiger partial charge in [0, 0.05) is 19.3 Å². The number of hydrogen-bond acceptors (Lipinski definition) is 4. The van der Waals surface area contributed by atoms with Crippen LogP contribution in [0.25, 0.3) is 0 Å². The molecule has 5 heteroatoms. The molecule has 1 aliphatic heterocycles. The molecule has 2 N–H and O–H groups in total. The van der Waals surface area contributed by atoms with Crippen LogP contribution >= 0.6 is 12.2 Å². The van der Waals surface area contributed by atoms with Gasteiger partial charge in [-0.1, -0.05) is 19.1 Å². The third kappa shape index (κ3) is 2.62. The van der Waals surface area contributed by atoms with Crippen molar-refractivity contribution in [2.75, 3.05) is 24.6 Å². The molecule has 1 aromatic heterocycles. The maximum atomic E-state index is 5.82. The van der Waals surface area contributed by atoms with Gasteiger partial charge in [-0.25, -0.2) is 4.98 Å². The second-order valence-corrected chi connectivity index (χ2v) is 4.98. The second kappa shape index (κ2) is 5.63. The number of aromatic nitrogens is 1. The molecular formula is C13H19N3OS. The molecule has 18 heavy (non-hydrogen) atoms. The van der Waals surface area contributed by atoms with Crippen molar-refractivity contribution in [1.29, 1.82) is 0 Å². The molecule has 1 atom stereocenters. The van der Waals surface area contributed by atoms with E-state index in [1.807, 2.05) is 19.2 Å². The number of nitrogens with zero attached hydrogens (tertiary/aromatic N) is 2. The molecule has 0 saturated carbocycles. The number of ether oxygens (including phenoxy) is 1. The van der Waals surface area contributed by atoms with E-state index in [0.29, 0.717) is 4.99 Å². The van der Waals surface area contributed by atoms with Crippen molar-refractivity contribution >= 4 is 23.0 Å². The predicted molar refractivity (Wildman–Crippen MR) is 77.1 cm³/mol. The maximum absolute atomic E-state index is 5.82. The van der Waals surface area contributed by atoms with Crippen molar-refractivity contribution in [2.24, 2.45) is 5.73 Å². The Hall–Kier alpha value is -1.20. The highest BCUT2D eigenvalue weighted by atomic mass is 32.1. The number of anilines is 1. The average Bonchev–Trinajstić information content (AvgIpc) is 2.38. The Morgan fingerprint density at radius 2 is 2.44 bits per heavy atom. The topological polar surface area (TPSA) is 51.4 Å². The molecule has 0 spiro atoms. The minimum Gasteiger partial charge on any atom is -0.389 e. The first-order chi connectivity index (χ1) is 8.63. The molecule has 1 aliphatic rings. The summed E-state index contributed by atoms with van der Waals surface area (Å²) in [6, 6.07) is 1.94. The maximum Gasteiger partial charge on any atom is 0.139 e. The first-order valence-electron chi connectivity index (χ1n) is 6.25. The van der Waals surface area contributed by atoms with Crippen LogP contribution in [0.5, 0.6) is 0 Å². The van der Waals surface area contributed by atoms with Gasteiger partial charge >= 0.3 is 0 Å². The molecule has 1 aromatic rings. The number of rotatable bonds is 3. The zero-order chi connectivity index (χ0) is 13.1. The van der Waals surface area contributed by atoms with Gasteiger partial charge in [-0.05, 0) is 25.0 Å². The van der Waals surface area contributed by atoms with Crippen molar-refractivity contribution in [3.8, 4) is 0 Å². The van der Waals surface area contributed by atoms with E-state index in [1.165, 1.54) is 0 Å². The Morgan fingerprint density at radius 1 is 1.67 bits per heavy atom. The van der Waals surface area contributed by atoms with Crippen LogP contribution in [0, 0.1) is 6.92 Å². The minimum absolute atomic E-state index is 0.264. The van der Waals surface area contributed by atoms with E-state index in [1.54, 1.807) is 0 Å². The number of nitrogens with two attached hydrogens (primary N) is 1. The fourth-order valence-electron chi connectivity index (χ4n) is 2.25. The lowest BCUT2D eigenvalue weighted by molar-refractivity contribution is 0.0381. The highest BCUT2D eigenvalue weighted by molar-refractivity contribution is 7.80. The summed E-state index contributed by atoms with van der Waals surface area (Å²) in [5.74, 6) is 0.893. The normalized spacial score (nSPS) is 19.9. The Morgan fingerprint density at radius 3 is 3.11 bits per heavy atom. The van der Waals surface area contributed by atoms with E-state index in [2.05, 4.69) is 16.8 Å². The molecule has 0 amide bonds. The van der Waals surface area contributed by atoms with Crippen molar-refractivity contribution < 1.29 is 4.74 Å². The number of pyridine rings is 1. The standard InChI is InChI=1S/C13H19N3OS/c1-3-10-8-16(6-7-17-10)13-11(12(14)18)9(2)4-5-15-13/h4-5,10H,3,6-8H2,1-2H3,(H2,14,18). The van der Waals surface area contributed by atoms with E-state index in [9.17, 15) is 0 Å². The molecule has 4 nitrogen and oxygen atoms in total. The minimum atomic E-state index is 0.264. The van der Waals surface area contributed by atoms with Crippen LogP contribution in [-0.2, 0) is 4.74 Å². The Kier molecular flexibility index (Phi) is 4.14. The van der Waals surface area contributed by atoms with Crippen molar-refractivity contribution in [1.82, 2.24) is 4.98 Å². The monoisotopic (exact) mass is 265 g/mol. The van der Waals surface area contributed by atoms with Gasteiger partial charge in [-0.3, -0.25) is 0 Å². The summed E-state index contributed by atoms with van der Waals surface area (Å²) in [6.45, 7) is 6.56. The molecule has 98 valence electrons. The summed E-state index contributed by atoms with van der Waals surface area (Å²) in [6.07, 6.45) is 3.08. The highest BCUT2D eigenvalue weighted by Crippen LogP contribution is 2.23. The van der Waals surface area contributed by atoms with Crippen LogP contribution in [0.2, 0.25) is 0 Å². The van der Waals surface area contributed by atoms with Crippen LogP contribution in [0.15, 0.2) is 12.3 Å².